The van der Waals surface area contributed by atoms with E-state index in [1.54, 1.807) is 6.20 Å². The third kappa shape index (κ3) is 5.65. The summed E-state index contributed by atoms with van der Waals surface area (Å²) >= 11 is 2.29. The van der Waals surface area contributed by atoms with Crippen molar-refractivity contribution >= 4 is 40.0 Å². The Morgan fingerprint density at radius 3 is 2.78 bits per heavy atom. The number of carbonyl (C=O) groups excluding carboxylic acids is 1. The number of carbonyl (C=O) groups is 1. The zero-order valence-corrected chi connectivity index (χ0v) is 18.0. The number of hydrogen-bond donors (Lipinski definition) is 2. The van der Waals surface area contributed by atoms with Gasteiger partial charge in [-0.15, -0.1) is 0 Å². The lowest BCUT2D eigenvalue weighted by atomic mass is 9.97. The number of amides is 1. The van der Waals surface area contributed by atoms with Gasteiger partial charge in [-0.05, 0) is 77.1 Å². The minimum Gasteiger partial charge on any atom is -0.381 e. The molecule has 3 rings (SSSR count). The minimum atomic E-state index is -0.0431. The molecule has 1 fully saturated rings. The molecule has 0 saturated carbocycles. The number of aromatic nitrogens is 1. The van der Waals surface area contributed by atoms with Crippen molar-refractivity contribution in [3.05, 3.63) is 51.2 Å². The Kier molecular flexibility index (Phi) is 7.07. The van der Waals surface area contributed by atoms with Crippen molar-refractivity contribution in [2.24, 2.45) is 5.92 Å². The number of ether oxygens (including phenoxy) is 1. The van der Waals surface area contributed by atoms with E-state index in [0.29, 0.717) is 18.0 Å². The van der Waals surface area contributed by atoms with Gasteiger partial charge in [0.1, 0.15) is 5.82 Å². The molecule has 0 bridgehead atoms. The molecule has 0 unspecified atom stereocenters. The molecule has 5 nitrogen and oxygen atoms in total. The summed E-state index contributed by atoms with van der Waals surface area (Å²) in [6, 6.07) is 10.1. The van der Waals surface area contributed by atoms with E-state index in [4.69, 9.17) is 4.74 Å². The fraction of sp³-hybridized carbons (Fsp3) is 0.429. The standard InChI is InChI=1S/C21H26IN3O2/c1-14(2)18-11-20(25-17-5-3-4-16(22)10-17)23-13-19(18)21(26)24-12-15-6-8-27-9-7-15/h3-5,10-11,13-15H,6-9,12H2,1-2H3,(H,23,25)(H,24,26). The van der Waals surface area contributed by atoms with E-state index in [0.717, 1.165) is 46.7 Å². The lowest BCUT2D eigenvalue weighted by Crippen LogP contribution is -2.32. The maximum atomic E-state index is 12.7. The van der Waals surface area contributed by atoms with E-state index in [9.17, 15) is 4.79 Å². The summed E-state index contributed by atoms with van der Waals surface area (Å²) in [6.45, 7) is 6.47. The molecular weight excluding hydrogens is 453 g/mol. The largest absolute Gasteiger partial charge is 0.381 e. The first kappa shape index (κ1) is 20.1. The number of nitrogens with zero attached hydrogens (tertiary/aromatic N) is 1. The highest BCUT2D eigenvalue weighted by Gasteiger charge is 2.18. The quantitative estimate of drug-likeness (QED) is 0.590. The van der Waals surface area contributed by atoms with Gasteiger partial charge in [-0.1, -0.05) is 19.9 Å². The highest BCUT2D eigenvalue weighted by atomic mass is 127. The van der Waals surface area contributed by atoms with Crippen molar-refractivity contribution in [3.63, 3.8) is 0 Å². The third-order valence-corrected chi connectivity index (χ3v) is 5.46. The summed E-state index contributed by atoms with van der Waals surface area (Å²) in [5.74, 6) is 1.44. The van der Waals surface area contributed by atoms with Crippen molar-refractivity contribution in [1.82, 2.24) is 10.3 Å². The van der Waals surface area contributed by atoms with E-state index in [1.165, 1.54) is 0 Å². The lowest BCUT2D eigenvalue weighted by molar-refractivity contribution is 0.0642. The van der Waals surface area contributed by atoms with Gasteiger partial charge in [0.15, 0.2) is 0 Å². The van der Waals surface area contributed by atoms with Crippen molar-refractivity contribution in [3.8, 4) is 0 Å². The number of halogens is 1. The molecule has 6 heteroatoms. The lowest BCUT2D eigenvalue weighted by Gasteiger charge is -2.22. The number of nitrogens with one attached hydrogen (secondary N) is 2. The maximum Gasteiger partial charge on any atom is 0.253 e. The average molecular weight is 479 g/mol. The fourth-order valence-corrected chi connectivity index (χ4v) is 3.75. The number of anilines is 2. The first-order valence-corrected chi connectivity index (χ1v) is 10.5. The highest BCUT2D eigenvalue weighted by Crippen LogP contribution is 2.24. The van der Waals surface area contributed by atoms with Crippen molar-refractivity contribution in [2.45, 2.75) is 32.6 Å². The molecule has 1 aliphatic heterocycles. The van der Waals surface area contributed by atoms with Crippen LogP contribution >= 0.6 is 22.6 Å². The predicted octanol–water partition coefficient (Wildman–Crippen LogP) is 4.71. The van der Waals surface area contributed by atoms with Crippen LogP contribution in [0.1, 0.15) is 48.5 Å². The fourth-order valence-electron chi connectivity index (χ4n) is 3.20. The molecule has 0 atom stereocenters. The Morgan fingerprint density at radius 1 is 1.30 bits per heavy atom. The molecule has 0 spiro atoms. The zero-order valence-electron chi connectivity index (χ0n) is 15.8. The Balaban J connectivity index is 1.71. The van der Waals surface area contributed by atoms with Crippen molar-refractivity contribution in [1.29, 1.82) is 0 Å². The number of benzene rings is 1. The minimum absolute atomic E-state index is 0.0431. The monoisotopic (exact) mass is 479 g/mol. The van der Waals surface area contributed by atoms with Crippen LogP contribution in [-0.2, 0) is 4.74 Å². The van der Waals surface area contributed by atoms with Crippen LogP contribution < -0.4 is 10.6 Å². The van der Waals surface area contributed by atoms with Crippen LogP contribution in [0.3, 0.4) is 0 Å². The number of hydrogen-bond acceptors (Lipinski definition) is 4. The Bertz CT molecular complexity index is 789. The van der Waals surface area contributed by atoms with Crippen molar-refractivity contribution in [2.75, 3.05) is 25.1 Å². The third-order valence-electron chi connectivity index (χ3n) is 4.79. The summed E-state index contributed by atoms with van der Waals surface area (Å²) in [4.78, 5) is 17.2. The van der Waals surface area contributed by atoms with E-state index in [-0.39, 0.29) is 11.8 Å². The Labute approximate surface area is 174 Å². The maximum absolute atomic E-state index is 12.7. The first-order chi connectivity index (χ1) is 13.0. The molecule has 144 valence electrons. The van der Waals surface area contributed by atoms with Crippen LogP contribution in [0.4, 0.5) is 11.5 Å². The second-order valence-corrected chi connectivity index (χ2v) is 8.46. The van der Waals surface area contributed by atoms with Crippen LogP contribution in [0.5, 0.6) is 0 Å². The number of rotatable bonds is 6. The van der Waals surface area contributed by atoms with Gasteiger partial charge in [0, 0.05) is 35.2 Å². The second-order valence-electron chi connectivity index (χ2n) is 7.21. The van der Waals surface area contributed by atoms with E-state index in [2.05, 4.69) is 58.1 Å². The van der Waals surface area contributed by atoms with Crippen LogP contribution in [0.2, 0.25) is 0 Å². The van der Waals surface area contributed by atoms with Gasteiger partial charge >= 0.3 is 0 Å². The summed E-state index contributed by atoms with van der Waals surface area (Å²) in [7, 11) is 0. The van der Waals surface area contributed by atoms with Gasteiger partial charge in [-0.25, -0.2) is 4.98 Å². The topological polar surface area (TPSA) is 63.2 Å². The van der Waals surface area contributed by atoms with Crippen LogP contribution in [-0.4, -0.2) is 30.6 Å². The average Bonchev–Trinajstić information content (AvgIpc) is 2.67. The van der Waals surface area contributed by atoms with Gasteiger partial charge < -0.3 is 15.4 Å². The predicted molar refractivity (Wildman–Crippen MR) is 117 cm³/mol. The highest BCUT2D eigenvalue weighted by molar-refractivity contribution is 14.1. The SMILES string of the molecule is CC(C)c1cc(Nc2cccc(I)c2)ncc1C(=O)NCC1CCOCC1. The first-order valence-electron chi connectivity index (χ1n) is 9.41. The van der Waals surface area contributed by atoms with Gasteiger partial charge in [0.05, 0.1) is 5.56 Å². The second kappa shape index (κ2) is 9.50. The van der Waals surface area contributed by atoms with Gasteiger partial charge in [0.2, 0.25) is 0 Å². The van der Waals surface area contributed by atoms with Crippen LogP contribution in [0.15, 0.2) is 36.5 Å². The Hall–Kier alpha value is -1.67. The Morgan fingerprint density at radius 2 is 2.07 bits per heavy atom. The van der Waals surface area contributed by atoms with Gasteiger partial charge in [-0.2, -0.15) is 0 Å². The summed E-state index contributed by atoms with van der Waals surface area (Å²) in [5, 5.41) is 6.41. The smallest absolute Gasteiger partial charge is 0.253 e. The van der Waals surface area contributed by atoms with Crippen LogP contribution in [0.25, 0.3) is 0 Å². The summed E-state index contributed by atoms with van der Waals surface area (Å²) < 4.78 is 6.54. The molecule has 2 heterocycles. The van der Waals surface area contributed by atoms with E-state index >= 15 is 0 Å². The van der Waals surface area contributed by atoms with E-state index < -0.39 is 0 Å². The molecule has 0 aliphatic carbocycles. The normalized spacial score (nSPS) is 15.0. The van der Waals surface area contributed by atoms with Crippen molar-refractivity contribution < 1.29 is 9.53 Å². The molecule has 0 radical (unpaired) electrons. The molecule has 27 heavy (non-hydrogen) atoms. The molecule has 2 aromatic rings. The molecule has 1 aromatic carbocycles. The molecule has 1 amide bonds. The van der Waals surface area contributed by atoms with Crippen LogP contribution in [0, 0.1) is 9.49 Å². The summed E-state index contributed by atoms with van der Waals surface area (Å²) in [5.41, 5.74) is 2.65. The number of pyridine rings is 1. The molecule has 1 aromatic heterocycles. The molecule has 2 N–H and O–H groups in total. The molecule has 1 saturated heterocycles. The van der Waals surface area contributed by atoms with Gasteiger partial charge in [-0.3, -0.25) is 4.79 Å². The summed E-state index contributed by atoms with van der Waals surface area (Å²) in [6.07, 6.45) is 3.70. The molecular formula is C21H26IN3O2. The molecule has 1 aliphatic rings. The van der Waals surface area contributed by atoms with Gasteiger partial charge in [0.25, 0.3) is 5.91 Å². The van der Waals surface area contributed by atoms with E-state index in [1.807, 2.05) is 24.3 Å². The zero-order chi connectivity index (χ0) is 19.2.